The molecule has 3 aromatic rings. The minimum Gasteiger partial charge on any atom is -0.483 e. The fourth-order valence-electron chi connectivity index (χ4n) is 3.66. The molecule has 0 unspecified atom stereocenters. The van der Waals surface area contributed by atoms with Gasteiger partial charge in [-0.2, -0.15) is 0 Å². The minimum atomic E-state index is -0.390. The van der Waals surface area contributed by atoms with Crippen molar-refractivity contribution in [1.82, 2.24) is 14.8 Å². The number of anilines is 1. The summed E-state index contributed by atoms with van der Waals surface area (Å²) >= 11 is 0. The van der Waals surface area contributed by atoms with Crippen LogP contribution in [0.15, 0.2) is 36.4 Å². The van der Waals surface area contributed by atoms with Crippen LogP contribution in [0.3, 0.4) is 0 Å². The average Bonchev–Trinajstić information content (AvgIpc) is 2.97. The van der Waals surface area contributed by atoms with Gasteiger partial charge < -0.3 is 14.6 Å². The first-order valence-electron chi connectivity index (χ1n) is 10.2. The van der Waals surface area contributed by atoms with Gasteiger partial charge in [0.2, 0.25) is 0 Å². The maximum absolute atomic E-state index is 14.6. The number of carbonyl (C=O) groups excluding carboxylic acids is 1. The van der Waals surface area contributed by atoms with E-state index in [0.29, 0.717) is 22.8 Å². The van der Waals surface area contributed by atoms with Crippen LogP contribution >= 0.6 is 0 Å². The van der Waals surface area contributed by atoms with Crippen molar-refractivity contribution >= 4 is 11.6 Å². The largest absolute Gasteiger partial charge is 0.483 e. The topological polar surface area (TPSA) is 69.0 Å². The number of amides is 1. The lowest BCUT2D eigenvalue weighted by atomic mass is 10.1. The summed E-state index contributed by atoms with van der Waals surface area (Å²) in [6.07, 6.45) is 4.06. The van der Waals surface area contributed by atoms with E-state index in [0.717, 1.165) is 49.2 Å². The number of ether oxygens (including phenoxy) is 1. The first kappa shape index (κ1) is 20.1. The van der Waals surface area contributed by atoms with Gasteiger partial charge in [0, 0.05) is 18.7 Å². The number of nitrogens with zero attached hydrogens (tertiary/aromatic N) is 3. The Hall–Kier alpha value is -3.22. The Morgan fingerprint density at radius 3 is 2.87 bits per heavy atom. The van der Waals surface area contributed by atoms with Crippen LogP contribution in [-0.4, -0.2) is 27.3 Å². The molecule has 1 N–H and O–H groups in total. The molecular weight excluding hydrogens is 383 g/mol. The zero-order valence-electron chi connectivity index (χ0n) is 17.2. The predicted octanol–water partition coefficient (Wildman–Crippen LogP) is 4.44. The molecule has 0 aliphatic carbocycles. The van der Waals surface area contributed by atoms with Gasteiger partial charge in [-0.05, 0) is 62.1 Å². The van der Waals surface area contributed by atoms with Crippen LogP contribution in [-0.2, 0) is 17.8 Å². The Morgan fingerprint density at radius 2 is 2.00 bits per heavy atom. The van der Waals surface area contributed by atoms with E-state index in [2.05, 4.69) is 15.5 Å². The second-order valence-electron chi connectivity index (χ2n) is 7.70. The van der Waals surface area contributed by atoms with Crippen molar-refractivity contribution in [3.05, 3.63) is 59.2 Å². The molecule has 1 aromatic heterocycles. The molecule has 0 atom stereocenters. The van der Waals surface area contributed by atoms with Gasteiger partial charge in [0.1, 0.15) is 17.4 Å². The van der Waals surface area contributed by atoms with E-state index >= 15 is 0 Å². The maximum Gasteiger partial charge on any atom is 0.262 e. The van der Waals surface area contributed by atoms with Crippen LogP contribution in [0.2, 0.25) is 0 Å². The number of benzene rings is 2. The second kappa shape index (κ2) is 8.65. The number of rotatable bonds is 5. The number of halogens is 1. The van der Waals surface area contributed by atoms with Gasteiger partial charge in [0.25, 0.3) is 5.91 Å². The van der Waals surface area contributed by atoms with Crippen LogP contribution in [0.4, 0.5) is 10.1 Å². The second-order valence-corrected chi connectivity index (χ2v) is 7.70. The van der Waals surface area contributed by atoms with E-state index in [1.807, 2.05) is 36.6 Å². The molecule has 1 aliphatic rings. The minimum absolute atomic E-state index is 0.128. The third kappa shape index (κ3) is 4.35. The third-order valence-electron chi connectivity index (χ3n) is 5.30. The molecule has 2 aromatic carbocycles. The standard InChI is InChI=1S/C23H25FN4O2/c1-15-7-8-16(2)20(12-15)30-14-22(29)25-17-9-10-19(24)18(13-17)23-27-26-21-6-4-3-5-11-28(21)23/h7-10,12-13H,3-6,11,14H2,1-2H3,(H,25,29). The van der Waals surface area contributed by atoms with E-state index in [4.69, 9.17) is 4.74 Å². The highest BCUT2D eigenvalue weighted by Crippen LogP contribution is 2.27. The van der Waals surface area contributed by atoms with Crippen molar-refractivity contribution < 1.29 is 13.9 Å². The van der Waals surface area contributed by atoms with Crippen LogP contribution < -0.4 is 10.1 Å². The molecule has 1 aliphatic heterocycles. The molecule has 4 rings (SSSR count). The molecule has 6 nitrogen and oxygen atoms in total. The summed E-state index contributed by atoms with van der Waals surface area (Å²) in [6, 6.07) is 10.3. The van der Waals surface area contributed by atoms with Crippen molar-refractivity contribution in [2.45, 2.75) is 46.1 Å². The normalized spacial score (nSPS) is 13.4. The summed E-state index contributed by atoms with van der Waals surface area (Å²) in [4.78, 5) is 12.4. The number of carbonyl (C=O) groups is 1. The smallest absolute Gasteiger partial charge is 0.262 e. The molecule has 0 fully saturated rings. The molecule has 2 heterocycles. The molecule has 0 saturated heterocycles. The average molecular weight is 408 g/mol. The van der Waals surface area contributed by atoms with Crippen LogP contribution in [0.5, 0.6) is 5.75 Å². The molecule has 0 bridgehead atoms. The Balaban J connectivity index is 1.49. The molecule has 1 amide bonds. The fraction of sp³-hybridized carbons (Fsp3) is 0.348. The Morgan fingerprint density at radius 1 is 1.13 bits per heavy atom. The number of nitrogens with one attached hydrogen (secondary N) is 1. The third-order valence-corrected chi connectivity index (χ3v) is 5.30. The lowest BCUT2D eigenvalue weighted by Gasteiger charge is -2.12. The van der Waals surface area contributed by atoms with Crippen molar-refractivity contribution in [2.24, 2.45) is 0 Å². The summed E-state index contributed by atoms with van der Waals surface area (Å²) < 4.78 is 22.2. The number of hydrogen-bond acceptors (Lipinski definition) is 4. The molecule has 7 heteroatoms. The quantitative estimate of drug-likeness (QED) is 0.677. The molecule has 30 heavy (non-hydrogen) atoms. The SMILES string of the molecule is Cc1ccc(C)c(OCC(=O)Nc2ccc(F)c(-c3nnc4n3CCCCC4)c2)c1. The highest BCUT2D eigenvalue weighted by atomic mass is 19.1. The lowest BCUT2D eigenvalue weighted by molar-refractivity contribution is -0.118. The van der Waals surface area contributed by atoms with E-state index in [1.54, 1.807) is 6.07 Å². The van der Waals surface area contributed by atoms with Gasteiger partial charge in [0.15, 0.2) is 12.4 Å². The number of hydrogen-bond donors (Lipinski definition) is 1. The number of aryl methyl sites for hydroxylation is 3. The summed E-state index contributed by atoms with van der Waals surface area (Å²) in [5.74, 6) is 1.37. The van der Waals surface area contributed by atoms with Crippen molar-refractivity contribution in [3.63, 3.8) is 0 Å². The Labute approximate surface area is 175 Å². The summed E-state index contributed by atoms with van der Waals surface area (Å²) in [5, 5.41) is 11.2. The van der Waals surface area contributed by atoms with Crippen molar-refractivity contribution in [1.29, 1.82) is 0 Å². The molecule has 156 valence electrons. The Bertz CT molecular complexity index is 1080. The van der Waals surface area contributed by atoms with Gasteiger partial charge >= 0.3 is 0 Å². The van der Waals surface area contributed by atoms with E-state index in [9.17, 15) is 9.18 Å². The molecular formula is C23H25FN4O2. The van der Waals surface area contributed by atoms with Crippen LogP contribution in [0.25, 0.3) is 11.4 Å². The number of aromatic nitrogens is 3. The first-order valence-corrected chi connectivity index (χ1v) is 10.2. The van der Waals surface area contributed by atoms with Gasteiger partial charge in [-0.1, -0.05) is 18.6 Å². The van der Waals surface area contributed by atoms with Gasteiger partial charge in [-0.15, -0.1) is 10.2 Å². The van der Waals surface area contributed by atoms with Gasteiger partial charge in [-0.25, -0.2) is 4.39 Å². The van der Waals surface area contributed by atoms with Gasteiger partial charge in [-0.3, -0.25) is 4.79 Å². The summed E-state index contributed by atoms with van der Waals surface area (Å²) in [6.45, 7) is 4.55. The van der Waals surface area contributed by atoms with Gasteiger partial charge in [0.05, 0.1) is 5.56 Å². The van der Waals surface area contributed by atoms with Crippen LogP contribution in [0, 0.1) is 19.7 Å². The highest BCUT2D eigenvalue weighted by Gasteiger charge is 2.19. The highest BCUT2D eigenvalue weighted by molar-refractivity contribution is 5.92. The zero-order valence-corrected chi connectivity index (χ0v) is 17.2. The van der Waals surface area contributed by atoms with Crippen LogP contribution in [0.1, 0.15) is 36.2 Å². The Kier molecular flexibility index (Phi) is 5.79. The van der Waals surface area contributed by atoms with E-state index in [1.165, 1.54) is 12.1 Å². The lowest BCUT2D eigenvalue weighted by Crippen LogP contribution is -2.20. The summed E-state index contributed by atoms with van der Waals surface area (Å²) in [5.41, 5.74) is 2.85. The zero-order chi connectivity index (χ0) is 21.1. The monoisotopic (exact) mass is 408 g/mol. The van der Waals surface area contributed by atoms with Crippen molar-refractivity contribution in [3.8, 4) is 17.1 Å². The van der Waals surface area contributed by atoms with E-state index < -0.39 is 0 Å². The molecule has 0 saturated carbocycles. The predicted molar refractivity (Wildman–Crippen MR) is 113 cm³/mol. The maximum atomic E-state index is 14.6. The van der Waals surface area contributed by atoms with Crippen molar-refractivity contribution in [2.75, 3.05) is 11.9 Å². The molecule has 0 radical (unpaired) electrons. The van der Waals surface area contributed by atoms with E-state index in [-0.39, 0.29) is 18.3 Å². The molecule has 0 spiro atoms. The number of fused-ring (bicyclic) bond motifs is 1. The summed E-state index contributed by atoms with van der Waals surface area (Å²) in [7, 11) is 0. The first-order chi connectivity index (χ1) is 14.5. The fourth-order valence-corrected chi connectivity index (χ4v) is 3.66.